The first kappa shape index (κ1) is 16.2. The molecule has 0 aromatic carbocycles. The zero-order chi connectivity index (χ0) is 14.3. The zero-order valence-electron chi connectivity index (χ0n) is 13.1. The second kappa shape index (κ2) is 8.33. The Morgan fingerprint density at radius 2 is 2.05 bits per heavy atom. The molecule has 1 aromatic rings. The van der Waals surface area contributed by atoms with Gasteiger partial charge in [0.15, 0.2) is 0 Å². The van der Waals surface area contributed by atoms with E-state index >= 15 is 0 Å². The van der Waals surface area contributed by atoms with Crippen molar-refractivity contribution in [3.63, 3.8) is 0 Å². The van der Waals surface area contributed by atoms with E-state index in [1.807, 2.05) is 0 Å². The van der Waals surface area contributed by atoms with Crippen molar-refractivity contribution in [2.75, 3.05) is 20.3 Å². The Balaban J connectivity index is 2.81. The zero-order valence-corrected chi connectivity index (χ0v) is 13.1. The van der Waals surface area contributed by atoms with Crippen LogP contribution in [0, 0.1) is 13.8 Å². The van der Waals surface area contributed by atoms with Gasteiger partial charge in [0.1, 0.15) is 0 Å². The smallest absolute Gasteiger partial charge is 0.0644 e. The van der Waals surface area contributed by atoms with Crippen LogP contribution in [0.3, 0.4) is 0 Å². The van der Waals surface area contributed by atoms with E-state index < -0.39 is 0 Å². The van der Waals surface area contributed by atoms with Crippen LogP contribution in [-0.4, -0.2) is 30.0 Å². The minimum absolute atomic E-state index is 0.427. The number of aryl methyl sites for hydroxylation is 2. The summed E-state index contributed by atoms with van der Waals surface area (Å²) in [5.41, 5.74) is 3.84. The summed E-state index contributed by atoms with van der Waals surface area (Å²) in [5.74, 6) is 0. The maximum Gasteiger partial charge on any atom is 0.0644 e. The summed E-state index contributed by atoms with van der Waals surface area (Å²) in [5, 5.41) is 8.30. The van der Waals surface area contributed by atoms with Gasteiger partial charge in [-0.1, -0.05) is 13.8 Å². The molecule has 0 saturated heterocycles. The van der Waals surface area contributed by atoms with Gasteiger partial charge in [-0.05, 0) is 39.7 Å². The first-order valence-corrected chi connectivity index (χ1v) is 7.41. The molecule has 19 heavy (non-hydrogen) atoms. The molecular weight excluding hydrogens is 238 g/mol. The summed E-state index contributed by atoms with van der Waals surface area (Å²) in [4.78, 5) is 0. The number of hydrogen-bond acceptors (Lipinski definition) is 3. The molecule has 0 aliphatic carbocycles. The Morgan fingerprint density at radius 1 is 1.32 bits per heavy atom. The predicted molar refractivity (Wildman–Crippen MR) is 79.5 cm³/mol. The van der Waals surface area contributed by atoms with Crippen molar-refractivity contribution in [3.05, 3.63) is 17.0 Å². The van der Waals surface area contributed by atoms with E-state index in [4.69, 9.17) is 4.74 Å². The molecule has 1 unspecified atom stereocenters. The monoisotopic (exact) mass is 267 g/mol. The van der Waals surface area contributed by atoms with Crippen LogP contribution in [0.2, 0.25) is 0 Å². The molecule has 1 atom stereocenters. The second-order valence-corrected chi connectivity index (χ2v) is 5.07. The molecule has 0 bridgehead atoms. The van der Waals surface area contributed by atoms with Crippen LogP contribution in [-0.2, 0) is 11.3 Å². The van der Waals surface area contributed by atoms with Gasteiger partial charge in [-0.25, -0.2) is 0 Å². The maximum absolute atomic E-state index is 5.11. The highest BCUT2D eigenvalue weighted by molar-refractivity contribution is 5.28. The number of aromatic nitrogens is 2. The molecule has 0 aliphatic rings. The fourth-order valence-corrected chi connectivity index (χ4v) is 2.56. The molecule has 1 N–H and O–H groups in total. The summed E-state index contributed by atoms with van der Waals surface area (Å²) in [7, 11) is 1.74. The van der Waals surface area contributed by atoms with Crippen LogP contribution >= 0.6 is 0 Å². The fraction of sp³-hybridized carbons (Fsp3) is 0.800. The standard InChI is InChI=1S/C15H29N3O/c1-6-9-16-14(7-2)15-12(3)17-18(13(15)4)10-8-11-19-5/h14,16H,6-11H2,1-5H3. The topological polar surface area (TPSA) is 39.1 Å². The lowest BCUT2D eigenvalue weighted by Gasteiger charge is -2.17. The van der Waals surface area contributed by atoms with E-state index in [2.05, 4.69) is 42.8 Å². The van der Waals surface area contributed by atoms with Gasteiger partial charge >= 0.3 is 0 Å². The number of rotatable bonds is 9. The van der Waals surface area contributed by atoms with Crippen LogP contribution < -0.4 is 5.32 Å². The third kappa shape index (κ3) is 4.32. The second-order valence-electron chi connectivity index (χ2n) is 5.07. The fourth-order valence-electron chi connectivity index (χ4n) is 2.56. The normalized spacial score (nSPS) is 12.9. The SMILES string of the molecule is CCCNC(CC)c1c(C)nn(CCCOC)c1C. The van der Waals surface area contributed by atoms with Gasteiger partial charge in [0.25, 0.3) is 0 Å². The molecule has 4 nitrogen and oxygen atoms in total. The minimum Gasteiger partial charge on any atom is -0.385 e. The van der Waals surface area contributed by atoms with Crippen LogP contribution in [0.25, 0.3) is 0 Å². The van der Waals surface area contributed by atoms with Crippen molar-refractivity contribution in [2.24, 2.45) is 0 Å². The Hall–Kier alpha value is -0.870. The molecule has 0 fully saturated rings. The molecular formula is C15H29N3O. The summed E-state index contributed by atoms with van der Waals surface area (Å²) in [6, 6.07) is 0.427. The molecule has 0 spiro atoms. The largest absolute Gasteiger partial charge is 0.385 e. The van der Waals surface area contributed by atoms with E-state index in [1.54, 1.807) is 7.11 Å². The molecule has 1 heterocycles. The molecule has 0 aliphatic heterocycles. The third-order valence-corrected chi connectivity index (χ3v) is 3.55. The van der Waals surface area contributed by atoms with Gasteiger partial charge in [0.05, 0.1) is 5.69 Å². The summed E-state index contributed by atoms with van der Waals surface area (Å²) in [6.45, 7) is 11.5. The third-order valence-electron chi connectivity index (χ3n) is 3.55. The Kier molecular flexibility index (Phi) is 7.10. The first-order chi connectivity index (χ1) is 9.15. The van der Waals surface area contributed by atoms with Crippen molar-refractivity contribution < 1.29 is 4.74 Å². The van der Waals surface area contributed by atoms with E-state index in [0.717, 1.165) is 44.7 Å². The molecule has 0 radical (unpaired) electrons. The number of nitrogens with zero attached hydrogens (tertiary/aromatic N) is 2. The van der Waals surface area contributed by atoms with Crippen molar-refractivity contribution in [1.29, 1.82) is 0 Å². The number of nitrogens with one attached hydrogen (secondary N) is 1. The number of methoxy groups -OCH3 is 1. The molecule has 0 saturated carbocycles. The molecule has 1 aromatic heterocycles. The average molecular weight is 267 g/mol. The van der Waals surface area contributed by atoms with Crippen LogP contribution in [0.15, 0.2) is 0 Å². The van der Waals surface area contributed by atoms with Crippen molar-refractivity contribution >= 4 is 0 Å². The van der Waals surface area contributed by atoms with Gasteiger partial charge < -0.3 is 10.1 Å². The lowest BCUT2D eigenvalue weighted by Crippen LogP contribution is -2.22. The highest BCUT2D eigenvalue weighted by atomic mass is 16.5. The van der Waals surface area contributed by atoms with Gasteiger partial charge in [-0.15, -0.1) is 0 Å². The quantitative estimate of drug-likeness (QED) is 0.699. The van der Waals surface area contributed by atoms with Crippen molar-refractivity contribution in [1.82, 2.24) is 15.1 Å². The van der Waals surface area contributed by atoms with Gasteiger partial charge in [0.2, 0.25) is 0 Å². The van der Waals surface area contributed by atoms with Crippen LogP contribution in [0.5, 0.6) is 0 Å². The highest BCUT2D eigenvalue weighted by Crippen LogP contribution is 2.24. The van der Waals surface area contributed by atoms with Crippen LogP contribution in [0.4, 0.5) is 0 Å². The molecule has 110 valence electrons. The van der Waals surface area contributed by atoms with Gasteiger partial charge in [-0.3, -0.25) is 4.68 Å². The number of ether oxygens (including phenoxy) is 1. The maximum atomic E-state index is 5.11. The van der Waals surface area contributed by atoms with Crippen molar-refractivity contribution in [2.45, 2.75) is 59.5 Å². The average Bonchev–Trinajstić information content (AvgIpc) is 2.67. The van der Waals surface area contributed by atoms with E-state index in [1.165, 1.54) is 11.3 Å². The Bertz CT molecular complexity index is 374. The van der Waals surface area contributed by atoms with E-state index in [9.17, 15) is 0 Å². The summed E-state index contributed by atoms with van der Waals surface area (Å²) < 4.78 is 7.23. The lowest BCUT2D eigenvalue weighted by molar-refractivity contribution is 0.188. The first-order valence-electron chi connectivity index (χ1n) is 7.41. The van der Waals surface area contributed by atoms with Gasteiger partial charge in [0, 0.05) is 37.6 Å². The van der Waals surface area contributed by atoms with E-state index in [0.29, 0.717) is 6.04 Å². The molecule has 1 rings (SSSR count). The van der Waals surface area contributed by atoms with Crippen molar-refractivity contribution in [3.8, 4) is 0 Å². The Morgan fingerprint density at radius 3 is 2.63 bits per heavy atom. The highest BCUT2D eigenvalue weighted by Gasteiger charge is 2.18. The number of hydrogen-bond donors (Lipinski definition) is 1. The predicted octanol–water partition coefficient (Wildman–Crippen LogP) is 2.99. The van der Waals surface area contributed by atoms with Crippen LogP contribution in [0.1, 0.15) is 56.1 Å². The lowest BCUT2D eigenvalue weighted by atomic mass is 10.0. The molecule has 4 heteroatoms. The minimum atomic E-state index is 0.427. The summed E-state index contributed by atoms with van der Waals surface area (Å²) in [6.07, 6.45) is 3.28. The summed E-state index contributed by atoms with van der Waals surface area (Å²) >= 11 is 0. The van der Waals surface area contributed by atoms with E-state index in [-0.39, 0.29) is 0 Å². The molecule has 0 amide bonds. The Labute approximate surface area is 117 Å². The van der Waals surface area contributed by atoms with Gasteiger partial charge in [-0.2, -0.15) is 5.10 Å².